The Hall–Kier alpha value is -2.18. The lowest BCUT2D eigenvalue weighted by Gasteiger charge is -2.26. The second-order valence-corrected chi connectivity index (χ2v) is 6.40. The number of fused-ring (bicyclic) bond motifs is 1. The largest absolute Gasteiger partial charge is 0.378 e. The number of thiophene rings is 1. The van der Waals surface area contributed by atoms with Gasteiger partial charge in [-0.15, -0.1) is 0 Å². The fourth-order valence-corrected chi connectivity index (χ4v) is 3.54. The van der Waals surface area contributed by atoms with Gasteiger partial charge in [0.05, 0.1) is 19.6 Å². The van der Waals surface area contributed by atoms with Crippen molar-refractivity contribution in [2.45, 2.75) is 6.42 Å². The molecule has 0 atom stereocenters. The third-order valence-electron chi connectivity index (χ3n) is 4.18. The van der Waals surface area contributed by atoms with E-state index in [2.05, 4.69) is 32.9 Å². The van der Waals surface area contributed by atoms with Crippen molar-refractivity contribution < 1.29 is 9.53 Å². The first-order valence-electron chi connectivity index (χ1n) is 7.65. The number of carbonyl (C=O) groups is 1. The number of pyridine rings is 1. The van der Waals surface area contributed by atoms with E-state index in [1.807, 2.05) is 17.3 Å². The van der Waals surface area contributed by atoms with Gasteiger partial charge in [-0.05, 0) is 34.0 Å². The molecule has 3 aromatic heterocycles. The smallest absolute Gasteiger partial charge is 0.227 e. The molecule has 1 aliphatic heterocycles. The summed E-state index contributed by atoms with van der Waals surface area (Å²) in [5, 5.41) is 5.18. The molecule has 0 unspecified atom stereocenters. The molecule has 0 aliphatic carbocycles. The first kappa shape index (κ1) is 14.4. The summed E-state index contributed by atoms with van der Waals surface area (Å²) in [4.78, 5) is 22.0. The standard InChI is InChI=1S/C17H17N3O2S/c21-16(20-2-4-22-5-3-20)8-14-10-19-17-15(14)7-13(9-18-17)12-1-6-23-11-12/h1,6-7,9-11H,2-5,8H2,(H,18,19). The summed E-state index contributed by atoms with van der Waals surface area (Å²) in [6.45, 7) is 2.62. The molecule has 23 heavy (non-hydrogen) atoms. The van der Waals surface area contributed by atoms with Crippen molar-refractivity contribution in [2.24, 2.45) is 0 Å². The highest BCUT2D eigenvalue weighted by atomic mass is 32.1. The lowest BCUT2D eigenvalue weighted by molar-refractivity contribution is -0.134. The van der Waals surface area contributed by atoms with Crippen molar-refractivity contribution in [1.29, 1.82) is 0 Å². The summed E-state index contributed by atoms with van der Waals surface area (Å²) >= 11 is 1.67. The summed E-state index contributed by atoms with van der Waals surface area (Å²) in [5.74, 6) is 0.148. The Morgan fingerprint density at radius 2 is 2.22 bits per heavy atom. The van der Waals surface area contributed by atoms with Crippen molar-refractivity contribution >= 4 is 28.3 Å². The Balaban J connectivity index is 1.62. The predicted octanol–water partition coefficient (Wildman–Crippen LogP) is 2.69. The minimum atomic E-state index is 0.148. The van der Waals surface area contributed by atoms with Gasteiger partial charge in [-0.1, -0.05) is 0 Å². The van der Waals surface area contributed by atoms with Crippen LogP contribution in [-0.4, -0.2) is 47.1 Å². The van der Waals surface area contributed by atoms with Gasteiger partial charge >= 0.3 is 0 Å². The van der Waals surface area contributed by atoms with Crippen molar-refractivity contribution in [3.63, 3.8) is 0 Å². The number of hydrogen-bond donors (Lipinski definition) is 1. The van der Waals surface area contributed by atoms with Crippen LogP contribution in [-0.2, 0) is 16.0 Å². The molecule has 1 amide bonds. The summed E-state index contributed by atoms with van der Waals surface area (Å²) in [6.07, 6.45) is 4.16. The first-order chi connectivity index (χ1) is 11.3. The Bertz CT molecular complexity index is 820. The Morgan fingerprint density at radius 3 is 3.00 bits per heavy atom. The third-order valence-corrected chi connectivity index (χ3v) is 4.86. The van der Waals surface area contributed by atoms with E-state index >= 15 is 0 Å². The number of aromatic nitrogens is 2. The van der Waals surface area contributed by atoms with Crippen LogP contribution in [0.3, 0.4) is 0 Å². The molecular formula is C17H17N3O2S. The summed E-state index contributed by atoms with van der Waals surface area (Å²) in [6, 6.07) is 4.20. The molecule has 3 aromatic rings. The van der Waals surface area contributed by atoms with Gasteiger partial charge < -0.3 is 14.6 Å². The molecule has 1 saturated heterocycles. The van der Waals surface area contributed by atoms with Crippen molar-refractivity contribution in [1.82, 2.24) is 14.9 Å². The van der Waals surface area contributed by atoms with Gasteiger partial charge in [0.2, 0.25) is 5.91 Å². The highest BCUT2D eigenvalue weighted by Gasteiger charge is 2.18. The Labute approximate surface area is 137 Å². The zero-order valence-corrected chi connectivity index (χ0v) is 13.4. The molecule has 0 aromatic carbocycles. The van der Waals surface area contributed by atoms with E-state index in [1.165, 1.54) is 0 Å². The van der Waals surface area contributed by atoms with Crippen LogP contribution in [0.5, 0.6) is 0 Å². The van der Waals surface area contributed by atoms with Crippen LogP contribution < -0.4 is 0 Å². The molecule has 0 radical (unpaired) electrons. The lowest BCUT2D eigenvalue weighted by atomic mass is 10.1. The molecule has 1 N–H and O–H groups in total. The van der Waals surface area contributed by atoms with E-state index in [-0.39, 0.29) is 5.91 Å². The van der Waals surface area contributed by atoms with Gasteiger partial charge in [-0.25, -0.2) is 4.98 Å². The molecule has 5 nitrogen and oxygen atoms in total. The summed E-state index contributed by atoms with van der Waals surface area (Å²) in [7, 11) is 0. The number of nitrogens with one attached hydrogen (secondary N) is 1. The maximum absolute atomic E-state index is 12.5. The van der Waals surface area contributed by atoms with Gasteiger partial charge in [0.15, 0.2) is 0 Å². The van der Waals surface area contributed by atoms with Gasteiger partial charge in [0.25, 0.3) is 0 Å². The molecule has 1 aliphatic rings. The van der Waals surface area contributed by atoms with E-state index in [0.29, 0.717) is 32.7 Å². The number of rotatable bonds is 3. The minimum Gasteiger partial charge on any atom is -0.378 e. The van der Waals surface area contributed by atoms with Crippen molar-refractivity contribution in [3.05, 3.63) is 40.8 Å². The number of morpholine rings is 1. The number of ether oxygens (including phenoxy) is 1. The van der Waals surface area contributed by atoms with E-state index in [1.54, 1.807) is 11.3 Å². The Morgan fingerprint density at radius 1 is 1.35 bits per heavy atom. The topological polar surface area (TPSA) is 58.2 Å². The monoisotopic (exact) mass is 327 g/mol. The van der Waals surface area contributed by atoms with Crippen LogP contribution in [0, 0.1) is 0 Å². The molecule has 0 bridgehead atoms. The van der Waals surface area contributed by atoms with Gasteiger partial charge in [-0.2, -0.15) is 11.3 Å². The zero-order valence-electron chi connectivity index (χ0n) is 12.6. The van der Waals surface area contributed by atoms with Crippen LogP contribution in [0.4, 0.5) is 0 Å². The van der Waals surface area contributed by atoms with Gasteiger partial charge in [-0.3, -0.25) is 4.79 Å². The van der Waals surface area contributed by atoms with E-state index in [4.69, 9.17) is 4.74 Å². The van der Waals surface area contributed by atoms with E-state index < -0.39 is 0 Å². The highest BCUT2D eigenvalue weighted by molar-refractivity contribution is 7.08. The number of carbonyl (C=O) groups excluding carboxylic acids is 1. The quantitative estimate of drug-likeness (QED) is 0.805. The molecule has 4 heterocycles. The average Bonchev–Trinajstić information content (AvgIpc) is 3.25. The molecular weight excluding hydrogens is 310 g/mol. The molecule has 0 spiro atoms. The van der Waals surface area contributed by atoms with Gasteiger partial charge in [0, 0.05) is 36.4 Å². The summed E-state index contributed by atoms with van der Waals surface area (Å²) in [5.41, 5.74) is 4.07. The number of nitrogens with zero attached hydrogens (tertiary/aromatic N) is 2. The highest BCUT2D eigenvalue weighted by Crippen LogP contribution is 2.26. The number of H-pyrrole nitrogens is 1. The number of aromatic amines is 1. The maximum atomic E-state index is 12.5. The molecule has 4 rings (SSSR count). The third kappa shape index (κ3) is 2.87. The van der Waals surface area contributed by atoms with Crippen LogP contribution in [0.2, 0.25) is 0 Å². The van der Waals surface area contributed by atoms with E-state index in [0.717, 1.165) is 27.7 Å². The van der Waals surface area contributed by atoms with Gasteiger partial charge in [0.1, 0.15) is 5.65 Å². The fraction of sp³-hybridized carbons (Fsp3) is 0.294. The maximum Gasteiger partial charge on any atom is 0.227 e. The van der Waals surface area contributed by atoms with Crippen LogP contribution in [0.15, 0.2) is 35.3 Å². The molecule has 1 fully saturated rings. The van der Waals surface area contributed by atoms with E-state index in [9.17, 15) is 4.79 Å². The number of amides is 1. The second-order valence-electron chi connectivity index (χ2n) is 5.62. The first-order valence-corrected chi connectivity index (χ1v) is 8.59. The predicted molar refractivity (Wildman–Crippen MR) is 90.5 cm³/mol. The van der Waals surface area contributed by atoms with Crippen LogP contribution >= 0.6 is 11.3 Å². The lowest BCUT2D eigenvalue weighted by Crippen LogP contribution is -2.41. The molecule has 6 heteroatoms. The number of hydrogen-bond acceptors (Lipinski definition) is 4. The SMILES string of the molecule is O=C(Cc1c[nH]c2ncc(-c3ccsc3)cc12)N1CCOCC1. The van der Waals surface area contributed by atoms with Crippen molar-refractivity contribution in [3.8, 4) is 11.1 Å². The van der Waals surface area contributed by atoms with Crippen LogP contribution in [0.25, 0.3) is 22.2 Å². The Kier molecular flexibility index (Phi) is 3.85. The second kappa shape index (κ2) is 6.14. The minimum absolute atomic E-state index is 0.148. The van der Waals surface area contributed by atoms with Crippen molar-refractivity contribution in [2.75, 3.05) is 26.3 Å². The summed E-state index contributed by atoms with van der Waals surface area (Å²) < 4.78 is 5.30. The van der Waals surface area contributed by atoms with Crippen LogP contribution in [0.1, 0.15) is 5.56 Å². The molecule has 118 valence electrons. The molecule has 0 saturated carbocycles. The normalized spacial score (nSPS) is 15.2. The fourth-order valence-electron chi connectivity index (χ4n) is 2.88. The zero-order chi connectivity index (χ0) is 15.6. The average molecular weight is 327 g/mol.